The second kappa shape index (κ2) is 7.63. The minimum atomic E-state index is -0.641. The molecule has 6 rings (SSSR count). The molecule has 6 fully saturated rings. The minimum Gasteiger partial charge on any atom is -0.467 e. The second-order valence-electron chi connectivity index (χ2n) is 12.3. The Morgan fingerprint density at radius 3 is 2.09 bits per heavy atom. The van der Waals surface area contributed by atoms with Crippen LogP contribution in [0.25, 0.3) is 0 Å². The Morgan fingerprint density at radius 2 is 1.56 bits per heavy atom. The Balaban J connectivity index is 1.46. The van der Waals surface area contributed by atoms with Crippen molar-refractivity contribution in [1.82, 2.24) is 10.2 Å². The van der Waals surface area contributed by atoms with E-state index in [1.54, 1.807) is 4.90 Å². The Bertz CT molecular complexity index is 767. The number of alkyl carbamates (subject to hydrolysis) is 1. The van der Waals surface area contributed by atoms with E-state index in [1.165, 1.54) is 26.4 Å². The van der Waals surface area contributed by atoms with Crippen molar-refractivity contribution in [2.24, 2.45) is 29.1 Å². The van der Waals surface area contributed by atoms with Crippen LogP contribution in [0.15, 0.2) is 0 Å². The lowest BCUT2D eigenvalue weighted by Crippen LogP contribution is -2.65. The van der Waals surface area contributed by atoms with Crippen molar-refractivity contribution in [3.05, 3.63) is 0 Å². The molecule has 32 heavy (non-hydrogen) atoms. The Hall–Kier alpha value is -1.79. The molecule has 178 valence electrons. The van der Waals surface area contributed by atoms with Gasteiger partial charge in [0.25, 0.3) is 0 Å². The molecular formula is C25H38N2O5. The summed E-state index contributed by atoms with van der Waals surface area (Å²) in [5.74, 6) is 1.66. The maximum Gasteiger partial charge on any atom is 0.408 e. The topological polar surface area (TPSA) is 84.9 Å². The Kier molecular flexibility index (Phi) is 5.25. The fourth-order valence-electron chi connectivity index (χ4n) is 8.31. The summed E-state index contributed by atoms with van der Waals surface area (Å²) in [5, 5.41) is 3.04. The molecule has 0 unspecified atom stereocenters. The molecular weight excluding hydrogens is 408 g/mol. The lowest BCUT2D eigenvalue weighted by atomic mass is 9.47. The van der Waals surface area contributed by atoms with Gasteiger partial charge in [-0.3, -0.25) is 4.79 Å². The van der Waals surface area contributed by atoms with Crippen LogP contribution in [-0.4, -0.2) is 53.7 Å². The molecule has 2 amide bonds. The predicted molar refractivity (Wildman–Crippen MR) is 118 cm³/mol. The number of nitrogens with zero attached hydrogens (tertiary/aromatic N) is 1. The van der Waals surface area contributed by atoms with E-state index >= 15 is 0 Å². The van der Waals surface area contributed by atoms with Gasteiger partial charge in [0.05, 0.1) is 7.11 Å². The number of methoxy groups -OCH3 is 1. The first-order valence-electron chi connectivity index (χ1n) is 12.5. The quantitative estimate of drug-likeness (QED) is 0.667. The van der Waals surface area contributed by atoms with E-state index in [4.69, 9.17) is 9.47 Å². The molecule has 6 bridgehead atoms. The predicted octanol–water partition coefficient (Wildman–Crippen LogP) is 3.65. The van der Waals surface area contributed by atoms with E-state index in [2.05, 4.69) is 5.32 Å². The summed E-state index contributed by atoms with van der Waals surface area (Å²) < 4.78 is 10.7. The fourth-order valence-corrected chi connectivity index (χ4v) is 8.31. The first kappa shape index (κ1) is 22.0. The minimum absolute atomic E-state index is 0.0634. The monoisotopic (exact) mass is 446 g/mol. The summed E-state index contributed by atoms with van der Waals surface area (Å²) in [6.45, 7) is 5.50. The Labute approximate surface area is 190 Å². The van der Waals surface area contributed by atoms with E-state index < -0.39 is 23.8 Å². The van der Waals surface area contributed by atoms with E-state index in [0.717, 1.165) is 38.5 Å². The maximum atomic E-state index is 14.2. The van der Waals surface area contributed by atoms with Crippen molar-refractivity contribution >= 4 is 18.0 Å². The number of hydrogen-bond acceptors (Lipinski definition) is 5. The number of fused-ring (bicyclic) bond motifs is 2. The van der Waals surface area contributed by atoms with Gasteiger partial charge in [-0.2, -0.15) is 0 Å². The van der Waals surface area contributed by atoms with Crippen LogP contribution in [0.2, 0.25) is 0 Å². The van der Waals surface area contributed by atoms with Crippen molar-refractivity contribution in [1.29, 1.82) is 0 Å². The third-order valence-corrected chi connectivity index (χ3v) is 8.89. The van der Waals surface area contributed by atoms with Crippen LogP contribution in [0.3, 0.4) is 0 Å². The fraction of sp³-hybridized carbons (Fsp3) is 0.880. The van der Waals surface area contributed by atoms with Crippen molar-refractivity contribution in [3.8, 4) is 0 Å². The SMILES string of the molecule is COC(=O)[C@@H]1[C@H]2CC[C@H](C2)N1C(=O)[C@@H](NC(=O)OC(C)(C)C)C12CC3CC(CC(C3)C1)C2. The Morgan fingerprint density at radius 1 is 0.969 bits per heavy atom. The molecule has 4 atom stereocenters. The zero-order chi connectivity index (χ0) is 22.8. The number of amides is 2. The molecule has 6 aliphatic rings. The third-order valence-electron chi connectivity index (χ3n) is 8.89. The number of rotatable bonds is 4. The van der Waals surface area contributed by atoms with E-state index in [9.17, 15) is 14.4 Å². The molecule has 1 heterocycles. The smallest absolute Gasteiger partial charge is 0.408 e. The normalized spacial score (nSPS) is 40.3. The summed E-state index contributed by atoms with van der Waals surface area (Å²) in [4.78, 5) is 41.6. The molecule has 1 N–H and O–H groups in total. The number of piperidine rings is 1. The zero-order valence-corrected chi connectivity index (χ0v) is 19.9. The van der Waals surface area contributed by atoms with Crippen molar-refractivity contribution in [2.45, 2.75) is 102 Å². The number of carbonyl (C=O) groups is 3. The first-order valence-corrected chi connectivity index (χ1v) is 12.5. The van der Waals surface area contributed by atoms with Gasteiger partial charge in [0.15, 0.2) is 0 Å². The zero-order valence-electron chi connectivity index (χ0n) is 19.9. The average Bonchev–Trinajstić information content (AvgIpc) is 3.30. The van der Waals surface area contributed by atoms with Gasteiger partial charge >= 0.3 is 12.1 Å². The maximum absolute atomic E-state index is 14.2. The highest BCUT2D eigenvalue weighted by atomic mass is 16.6. The highest BCUT2D eigenvalue weighted by Gasteiger charge is 2.60. The van der Waals surface area contributed by atoms with E-state index in [0.29, 0.717) is 17.8 Å². The average molecular weight is 447 g/mol. The van der Waals surface area contributed by atoms with Crippen LogP contribution in [0.1, 0.15) is 78.6 Å². The molecule has 1 saturated heterocycles. The molecule has 1 aliphatic heterocycles. The standard InChI is InChI=1S/C25H38N2O5/c1-24(2,3)32-23(30)26-20(25-11-14-7-15(12-25)9-16(8-14)13-25)21(28)27-18-6-5-17(10-18)19(27)22(29)31-4/h14-20H,5-13H2,1-4H3,(H,26,30)/t14?,15?,16?,17-,18+,19-,20+,25?/m0/s1. The molecule has 0 spiro atoms. The summed E-state index contributed by atoms with van der Waals surface area (Å²) in [6, 6.07) is -1.10. The number of esters is 1. The molecule has 7 nitrogen and oxygen atoms in total. The number of ether oxygens (including phenoxy) is 2. The van der Waals surface area contributed by atoms with Crippen LogP contribution in [0.4, 0.5) is 4.79 Å². The number of nitrogens with one attached hydrogen (secondary N) is 1. The van der Waals surface area contributed by atoms with Crippen molar-refractivity contribution < 1.29 is 23.9 Å². The highest BCUT2D eigenvalue weighted by Crippen LogP contribution is 2.61. The lowest BCUT2D eigenvalue weighted by Gasteiger charge is -2.59. The first-order chi connectivity index (χ1) is 15.1. The van der Waals surface area contributed by atoms with Gasteiger partial charge in [0.2, 0.25) is 5.91 Å². The number of hydrogen-bond donors (Lipinski definition) is 1. The molecule has 0 radical (unpaired) electrons. The molecule has 5 aliphatic carbocycles. The van der Waals surface area contributed by atoms with Gasteiger partial charge in [-0.05, 0) is 102 Å². The third kappa shape index (κ3) is 3.69. The molecule has 5 saturated carbocycles. The molecule has 0 aromatic rings. The summed E-state index contributed by atoms with van der Waals surface area (Å²) in [6.07, 6.45) is 8.90. The summed E-state index contributed by atoms with van der Waals surface area (Å²) >= 11 is 0. The van der Waals surface area contributed by atoms with E-state index in [-0.39, 0.29) is 29.3 Å². The lowest BCUT2D eigenvalue weighted by molar-refractivity contribution is -0.160. The van der Waals surface area contributed by atoms with Gasteiger partial charge in [-0.25, -0.2) is 9.59 Å². The van der Waals surface area contributed by atoms with Gasteiger partial charge in [0, 0.05) is 11.5 Å². The van der Waals surface area contributed by atoms with Gasteiger partial charge in [-0.1, -0.05) is 0 Å². The number of likely N-dealkylation sites (tertiary alicyclic amines) is 1. The van der Waals surface area contributed by atoms with E-state index in [1.807, 2.05) is 20.8 Å². The van der Waals surface area contributed by atoms with Crippen LogP contribution in [-0.2, 0) is 19.1 Å². The van der Waals surface area contributed by atoms with Crippen LogP contribution in [0, 0.1) is 29.1 Å². The van der Waals surface area contributed by atoms with Crippen molar-refractivity contribution in [3.63, 3.8) is 0 Å². The largest absolute Gasteiger partial charge is 0.467 e. The highest BCUT2D eigenvalue weighted by molar-refractivity contribution is 5.91. The van der Waals surface area contributed by atoms with Crippen LogP contribution >= 0.6 is 0 Å². The van der Waals surface area contributed by atoms with Crippen LogP contribution < -0.4 is 5.32 Å². The van der Waals surface area contributed by atoms with Crippen molar-refractivity contribution in [2.75, 3.05) is 7.11 Å². The second-order valence-corrected chi connectivity index (χ2v) is 12.3. The van der Waals surface area contributed by atoms with Gasteiger partial charge < -0.3 is 19.7 Å². The van der Waals surface area contributed by atoms with Gasteiger partial charge in [-0.15, -0.1) is 0 Å². The summed E-state index contributed by atoms with van der Waals surface area (Å²) in [5.41, 5.74) is -0.869. The molecule has 0 aromatic carbocycles. The number of carbonyl (C=O) groups excluding carboxylic acids is 3. The molecule has 7 heteroatoms. The molecule has 0 aromatic heterocycles. The van der Waals surface area contributed by atoms with Crippen LogP contribution in [0.5, 0.6) is 0 Å². The van der Waals surface area contributed by atoms with Gasteiger partial charge in [0.1, 0.15) is 17.7 Å². The summed E-state index contributed by atoms with van der Waals surface area (Å²) in [7, 11) is 1.40.